The molecule has 4 nitrogen and oxygen atoms in total. The van der Waals surface area contributed by atoms with Gasteiger partial charge in [0.05, 0.1) is 0 Å². The van der Waals surface area contributed by atoms with E-state index in [9.17, 15) is 4.79 Å². The smallest absolute Gasteiger partial charge is 0.270 e. The highest BCUT2D eigenvalue weighted by molar-refractivity contribution is 9.10. The van der Waals surface area contributed by atoms with E-state index in [0.717, 1.165) is 41.4 Å². The molecule has 1 amide bonds. The zero-order valence-corrected chi connectivity index (χ0v) is 13.7. The minimum Gasteiger partial charge on any atom is -0.368 e. The van der Waals surface area contributed by atoms with Crippen LogP contribution in [0.25, 0.3) is 0 Å². The van der Waals surface area contributed by atoms with Crippen molar-refractivity contribution in [2.45, 2.75) is 0 Å². The van der Waals surface area contributed by atoms with Crippen molar-refractivity contribution in [3.05, 3.63) is 51.7 Å². The van der Waals surface area contributed by atoms with Crippen LogP contribution in [0.15, 0.2) is 41.0 Å². The summed E-state index contributed by atoms with van der Waals surface area (Å²) in [4.78, 5) is 19.5. The molecule has 0 bridgehead atoms. The summed E-state index contributed by atoms with van der Waals surface area (Å²) in [5.41, 5.74) is 1.77. The molecule has 2 aromatic rings. The average molecular weight is 369 g/mol. The van der Waals surface area contributed by atoms with Crippen LogP contribution in [0.5, 0.6) is 0 Å². The summed E-state index contributed by atoms with van der Waals surface area (Å²) >= 11 is 9.26. The molecule has 6 heteroatoms. The van der Waals surface area contributed by atoms with E-state index in [0.29, 0.717) is 5.69 Å². The number of nitrogens with zero attached hydrogens (tertiary/aromatic N) is 2. The number of aromatic amines is 1. The lowest BCUT2D eigenvalue weighted by molar-refractivity contribution is 0.0741. The molecule has 0 spiro atoms. The molecule has 110 valence electrons. The summed E-state index contributed by atoms with van der Waals surface area (Å²) < 4.78 is 0.894. The Labute approximate surface area is 136 Å². The highest BCUT2D eigenvalue weighted by atomic mass is 79.9. The molecule has 1 aromatic carbocycles. The predicted octanol–water partition coefficient (Wildman–Crippen LogP) is 3.39. The first-order valence-electron chi connectivity index (χ1n) is 6.77. The number of anilines is 1. The molecule has 1 aromatic heterocycles. The van der Waals surface area contributed by atoms with Crippen molar-refractivity contribution in [1.82, 2.24) is 9.88 Å². The number of H-pyrrole nitrogens is 1. The number of amides is 1. The first-order valence-corrected chi connectivity index (χ1v) is 7.94. The van der Waals surface area contributed by atoms with Crippen LogP contribution in [0.2, 0.25) is 5.02 Å². The van der Waals surface area contributed by atoms with E-state index in [4.69, 9.17) is 11.6 Å². The van der Waals surface area contributed by atoms with Crippen LogP contribution < -0.4 is 4.90 Å². The fraction of sp³-hybridized carbons (Fsp3) is 0.267. The zero-order chi connectivity index (χ0) is 14.8. The van der Waals surface area contributed by atoms with E-state index in [-0.39, 0.29) is 5.91 Å². The highest BCUT2D eigenvalue weighted by Crippen LogP contribution is 2.20. The Morgan fingerprint density at radius 1 is 1.14 bits per heavy atom. The van der Waals surface area contributed by atoms with Crippen molar-refractivity contribution >= 4 is 39.1 Å². The lowest BCUT2D eigenvalue weighted by atomic mass is 10.2. The van der Waals surface area contributed by atoms with E-state index in [2.05, 4.69) is 25.8 Å². The average Bonchev–Trinajstić information content (AvgIpc) is 2.94. The third-order valence-electron chi connectivity index (χ3n) is 3.64. The maximum Gasteiger partial charge on any atom is 0.270 e. The van der Waals surface area contributed by atoms with Gasteiger partial charge in [-0.2, -0.15) is 0 Å². The zero-order valence-electron chi connectivity index (χ0n) is 11.4. The van der Waals surface area contributed by atoms with Gasteiger partial charge in [0.15, 0.2) is 0 Å². The second kappa shape index (κ2) is 6.12. The first kappa shape index (κ1) is 14.5. The molecule has 2 heterocycles. The monoisotopic (exact) mass is 367 g/mol. The summed E-state index contributed by atoms with van der Waals surface area (Å²) in [5, 5.41) is 0.741. The Bertz CT molecular complexity index is 633. The van der Waals surface area contributed by atoms with E-state index in [1.165, 1.54) is 0 Å². The Hall–Kier alpha value is -1.46. The van der Waals surface area contributed by atoms with Gasteiger partial charge in [0.25, 0.3) is 5.91 Å². The molecule has 0 atom stereocenters. The molecule has 21 heavy (non-hydrogen) atoms. The summed E-state index contributed by atoms with van der Waals surface area (Å²) in [5.74, 6) is 0.0523. The maximum atomic E-state index is 12.3. The van der Waals surface area contributed by atoms with Crippen LogP contribution in [0.4, 0.5) is 5.69 Å². The van der Waals surface area contributed by atoms with Crippen LogP contribution >= 0.6 is 27.5 Å². The topological polar surface area (TPSA) is 39.3 Å². The number of benzene rings is 1. The van der Waals surface area contributed by atoms with E-state index < -0.39 is 0 Å². The van der Waals surface area contributed by atoms with Crippen LogP contribution in [0, 0.1) is 0 Å². The van der Waals surface area contributed by atoms with Crippen LogP contribution in [0.1, 0.15) is 10.5 Å². The number of hydrogen-bond acceptors (Lipinski definition) is 2. The van der Waals surface area contributed by atoms with Crippen molar-refractivity contribution in [3.8, 4) is 0 Å². The van der Waals surface area contributed by atoms with Crippen molar-refractivity contribution in [2.75, 3.05) is 31.1 Å². The number of carbonyl (C=O) groups excluding carboxylic acids is 1. The van der Waals surface area contributed by atoms with Gasteiger partial charge in [-0.25, -0.2) is 0 Å². The minimum atomic E-state index is 0.0523. The number of aromatic nitrogens is 1. The summed E-state index contributed by atoms with van der Waals surface area (Å²) in [6, 6.07) is 9.63. The maximum absolute atomic E-state index is 12.3. The third kappa shape index (κ3) is 3.24. The molecule has 1 aliphatic rings. The van der Waals surface area contributed by atoms with Gasteiger partial charge in [-0.3, -0.25) is 4.79 Å². The fourth-order valence-corrected chi connectivity index (χ4v) is 2.95. The molecule has 0 saturated carbocycles. The Balaban J connectivity index is 1.62. The highest BCUT2D eigenvalue weighted by Gasteiger charge is 2.23. The lowest BCUT2D eigenvalue weighted by Crippen LogP contribution is -2.48. The number of carbonyl (C=O) groups is 1. The molecular weight excluding hydrogens is 354 g/mol. The molecule has 1 aliphatic heterocycles. The predicted molar refractivity (Wildman–Crippen MR) is 88.1 cm³/mol. The Morgan fingerprint density at radius 3 is 2.38 bits per heavy atom. The SMILES string of the molecule is O=C(c1cc(Br)c[nH]1)N1CCN(c2ccc(Cl)cc2)CC1. The molecule has 0 unspecified atom stereocenters. The minimum absolute atomic E-state index is 0.0523. The number of hydrogen-bond donors (Lipinski definition) is 1. The number of rotatable bonds is 2. The lowest BCUT2D eigenvalue weighted by Gasteiger charge is -2.36. The van der Waals surface area contributed by atoms with Gasteiger partial charge in [-0.15, -0.1) is 0 Å². The first-order chi connectivity index (χ1) is 10.1. The quantitative estimate of drug-likeness (QED) is 0.882. The Kier molecular flexibility index (Phi) is 4.22. The van der Waals surface area contributed by atoms with E-state index in [1.807, 2.05) is 35.2 Å². The van der Waals surface area contributed by atoms with E-state index in [1.54, 1.807) is 6.20 Å². The third-order valence-corrected chi connectivity index (χ3v) is 4.35. The molecule has 1 saturated heterocycles. The van der Waals surface area contributed by atoms with Gasteiger partial charge in [-0.1, -0.05) is 11.6 Å². The van der Waals surface area contributed by atoms with Gasteiger partial charge >= 0.3 is 0 Å². The van der Waals surface area contributed by atoms with Crippen molar-refractivity contribution < 1.29 is 4.79 Å². The Morgan fingerprint density at radius 2 is 1.81 bits per heavy atom. The van der Waals surface area contributed by atoms with Crippen LogP contribution in [-0.4, -0.2) is 42.0 Å². The van der Waals surface area contributed by atoms with E-state index >= 15 is 0 Å². The molecule has 3 rings (SSSR count). The number of nitrogens with one attached hydrogen (secondary N) is 1. The molecule has 0 aliphatic carbocycles. The largest absolute Gasteiger partial charge is 0.368 e. The second-order valence-corrected chi connectivity index (χ2v) is 6.34. The van der Waals surface area contributed by atoms with Gasteiger partial charge in [0.2, 0.25) is 0 Å². The van der Waals surface area contributed by atoms with Crippen LogP contribution in [-0.2, 0) is 0 Å². The standard InChI is InChI=1S/C15H15BrClN3O/c16-11-9-14(18-10-11)15(21)20-7-5-19(6-8-20)13-3-1-12(17)2-4-13/h1-4,9-10,18H,5-8H2. The summed E-state index contributed by atoms with van der Waals surface area (Å²) in [6.45, 7) is 3.10. The molecule has 1 fully saturated rings. The van der Waals surface area contributed by atoms with Crippen LogP contribution in [0.3, 0.4) is 0 Å². The van der Waals surface area contributed by atoms with Crippen molar-refractivity contribution in [3.63, 3.8) is 0 Å². The second-order valence-electron chi connectivity index (χ2n) is 4.99. The van der Waals surface area contributed by atoms with Crippen molar-refractivity contribution in [1.29, 1.82) is 0 Å². The normalized spacial score (nSPS) is 15.3. The molecule has 1 N–H and O–H groups in total. The molecular formula is C15H15BrClN3O. The number of halogens is 2. The van der Waals surface area contributed by atoms with Gasteiger partial charge < -0.3 is 14.8 Å². The summed E-state index contributed by atoms with van der Waals surface area (Å²) in [6.07, 6.45) is 1.77. The summed E-state index contributed by atoms with van der Waals surface area (Å²) in [7, 11) is 0. The number of piperazine rings is 1. The van der Waals surface area contributed by atoms with Gasteiger partial charge in [-0.05, 0) is 46.3 Å². The van der Waals surface area contributed by atoms with Gasteiger partial charge in [0, 0.05) is 47.6 Å². The molecule has 0 radical (unpaired) electrons. The van der Waals surface area contributed by atoms with Gasteiger partial charge in [0.1, 0.15) is 5.69 Å². The fourth-order valence-electron chi connectivity index (χ4n) is 2.48. The van der Waals surface area contributed by atoms with Crippen molar-refractivity contribution in [2.24, 2.45) is 0 Å².